The summed E-state index contributed by atoms with van der Waals surface area (Å²) in [5.41, 5.74) is 3.23. The second kappa shape index (κ2) is 5.46. The van der Waals surface area contributed by atoms with Gasteiger partial charge in [0.05, 0.1) is 0 Å². The molecule has 0 radical (unpaired) electrons. The summed E-state index contributed by atoms with van der Waals surface area (Å²) in [5.74, 6) is 0.822. The molecule has 1 unspecified atom stereocenters. The summed E-state index contributed by atoms with van der Waals surface area (Å²) in [7, 11) is 0. The lowest BCUT2D eigenvalue weighted by atomic mass is 9.91. The molecule has 0 saturated carbocycles. The van der Waals surface area contributed by atoms with Crippen LogP contribution in [0, 0.1) is 19.8 Å². The van der Waals surface area contributed by atoms with Crippen LogP contribution in [-0.2, 0) is 0 Å². The van der Waals surface area contributed by atoms with Crippen LogP contribution >= 0.6 is 0 Å². The Hall–Kier alpha value is -1.15. The van der Waals surface area contributed by atoms with Gasteiger partial charge < -0.3 is 5.32 Å². The smallest absolute Gasteiger partial charge is 0.163 e. The Balaban J connectivity index is 2.03. The molecule has 1 aromatic rings. The number of ketones is 1. The highest BCUT2D eigenvalue weighted by atomic mass is 16.1. The Kier molecular flexibility index (Phi) is 3.95. The van der Waals surface area contributed by atoms with Crippen molar-refractivity contribution >= 4 is 5.78 Å². The molecule has 1 aliphatic rings. The van der Waals surface area contributed by atoms with E-state index in [1.54, 1.807) is 0 Å². The van der Waals surface area contributed by atoms with Crippen molar-refractivity contribution in [3.05, 3.63) is 34.9 Å². The van der Waals surface area contributed by atoms with Crippen molar-refractivity contribution in [1.29, 1.82) is 0 Å². The molecule has 2 rings (SSSR count). The number of hydrogen-bond donors (Lipinski definition) is 1. The molecule has 2 heteroatoms. The minimum Gasteiger partial charge on any atom is -0.316 e. The second-order valence-electron chi connectivity index (χ2n) is 5.22. The molecule has 1 atom stereocenters. The van der Waals surface area contributed by atoms with Gasteiger partial charge >= 0.3 is 0 Å². The van der Waals surface area contributed by atoms with E-state index < -0.39 is 0 Å². The Morgan fingerprint density at radius 2 is 2.00 bits per heavy atom. The lowest BCUT2D eigenvalue weighted by Gasteiger charge is -2.22. The van der Waals surface area contributed by atoms with E-state index in [0.29, 0.717) is 18.1 Å². The van der Waals surface area contributed by atoms with Gasteiger partial charge in [-0.3, -0.25) is 4.79 Å². The van der Waals surface area contributed by atoms with Gasteiger partial charge in [0.15, 0.2) is 5.78 Å². The van der Waals surface area contributed by atoms with Crippen LogP contribution < -0.4 is 5.32 Å². The maximum absolute atomic E-state index is 12.2. The van der Waals surface area contributed by atoms with Crippen LogP contribution in [0.3, 0.4) is 0 Å². The molecule has 92 valence electrons. The van der Waals surface area contributed by atoms with Crippen LogP contribution in [0.4, 0.5) is 0 Å². The summed E-state index contributed by atoms with van der Waals surface area (Å²) in [6, 6.07) is 6.12. The Labute approximate surface area is 103 Å². The zero-order valence-electron chi connectivity index (χ0n) is 10.8. The van der Waals surface area contributed by atoms with E-state index in [9.17, 15) is 4.79 Å². The highest BCUT2D eigenvalue weighted by molar-refractivity contribution is 5.96. The molecule has 1 aromatic carbocycles. The molecule has 1 N–H and O–H groups in total. The first-order valence-electron chi connectivity index (χ1n) is 6.47. The summed E-state index contributed by atoms with van der Waals surface area (Å²) < 4.78 is 0. The topological polar surface area (TPSA) is 29.1 Å². The Bertz CT molecular complexity index is 385. The fourth-order valence-electron chi connectivity index (χ4n) is 2.61. The number of benzene rings is 1. The molecule has 2 nitrogen and oxygen atoms in total. The summed E-state index contributed by atoms with van der Waals surface area (Å²) in [4.78, 5) is 12.2. The highest BCUT2D eigenvalue weighted by Gasteiger charge is 2.17. The largest absolute Gasteiger partial charge is 0.316 e. The number of aryl methyl sites for hydroxylation is 2. The molecule has 1 aliphatic heterocycles. The normalized spacial score (nSPS) is 20.2. The van der Waals surface area contributed by atoms with Crippen molar-refractivity contribution in [2.75, 3.05) is 13.1 Å². The molecule has 0 amide bonds. The van der Waals surface area contributed by atoms with Gasteiger partial charge in [0.25, 0.3) is 0 Å². The fraction of sp³-hybridized carbons (Fsp3) is 0.533. The van der Waals surface area contributed by atoms with Gasteiger partial charge in [0.2, 0.25) is 0 Å². The summed E-state index contributed by atoms with van der Waals surface area (Å²) in [6.45, 7) is 6.20. The van der Waals surface area contributed by atoms with Gasteiger partial charge in [-0.1, -0.05) is 17.2 Å². The number of rotatable bonds is 3. The maximum atomic E-state index is 12.2. The Morgan fingerprint density at radius 1 is 1.29 bits per heavy atom. The lowest BCUT2D eigenvalue weighted by molar-refractivity contribution is 0.0953. The van der Waals surface area contributed by atoms with Gasteiger partial charge in [-0.2, -0.15) is 0 Å². The van der Waals surface area contributed by atoms with E-state index in [1.165, 1.54) is 24.0 Å². The molecule has 0 aliphatic carbocycles. The van der Waals surface area contributed by atoms with Crippen LogP contribution in [0.1, 0.15) is 40.7 Å². The molecular weight excluding hydrogens is 210 g/mol. The standard InChI is InChI=1S/C15H21NO/c1-11-6-12(2)8-14(7-11)15(17)9-13-4-3-5-16-10-13/h6-8,13,16H,3-5,9-10H2,1-2H3. The van der Waals surface area contributed by atoms with Crippen molar-refractivity contribution < 1.29 is 4.79 Å². The number of piperidine rings is 1. The highest BCUT2D eigenvalue weighted by Crippen LogP contribution is 2.18. The third kappa shape index (κ3) is 3.40. The first-order valence-corrected chi connectivity index (χ1v) is 6.47. The molecule has 1 fully saturated rings. The van der Waals surface area contributed by atoms with Crippen LogP contribution in [0.5, 0.6) is 0 Å². The van der Waals surface area contributed by atoms with E-state index in [-0.39, 0.29) is 0 Å². The monoisotopic (exact) mass is 231 g/mol. The molecule has 0 aromatic heterocycles. The van der Waals surface area contributed by atoms with Gasteiger partial charge in [0.1, 0.15) is 0 Å². The van der Waals surface area contributed by atoms with Gasteiger partial charge in [0, 0.05) is 12.0 Å². The molecule has 1 heterocycles. The number of nitrogens with one attached hydrogen (secondary N) is 1. The third-order valence-electron chi connectivity index (χ3n) is 3.42. The predicted molar refractivity (Wildman–Crippen MR) is 70.5 cm³/mol. The predicted octanol–water partition coefficient (Wildman–Crippen LogP) is 2.88. The van der Waals surface area contributed by atoms with Gasteiger partial charge in [-0.15, -0.1) is 0 Å². The second-order valence-corrected chi connectivity index (χ2v) is 5.22. The number of Topliss-reactive ketones (excluding diaryl/α,β-unsaturated/α-hetero) is 1. The van der Waals surface area contributed by atoms with E-state index in [2.05, 4.69) is 11.4 Å². The lowest BCUT2D eigenvalue weighted by Crippen LogP contribution is -2.31. The van der Waals surface area contributed by atoms with E-state index in [4.69, 9.17) is 0 Å². The SMILES string of the molecule is Cc1cc(C)cc(C(=O)CC2CCCNC2)c1. The van der Waals surface area contributed by atoms with Crippen molar-refractivity contribution in [2.24, 2.45) is 5.92 Å². The number of carbonyl (C=O) groups is 1. The van der Waals surface area contributed by atoms with E-state index >= 15 is 0 Å². The molecule has 1 saturated heterocycles. The maximum Gasteiger partial charge on any atom is 0.163 e. The average Bonchev–Trinajstić information content (AvgIpc) is 2.29. The summed E-state index contributed by atoms with van der Waals surface area (Å²) in [6.07, 6.45) is 3.07. The van der Waals surface area contributed by atoms with Crippen LogP contribution in [0.15, 0.2) is 18.2 Å². The van der Waals surface area contributed by atoms with Crippen molar-refractivity contribution in [3.8, 4) is 0 Å². The molecule has 17 heavy (non-hydrogen) atoms. The third-order valence-corrected chi connectivity index (χ3v) is 3.42. The minimum absolute atomic E-state index is 0.297. The van der Waals surface area contributed by atoms with Crippen LogP contribution in [0.25, 0.3) is 0 Å². The molecule has 0 bridgehead atoms. The number of carbonyl (C=O) groups excluding carboxylic acids is 1. The zero-order valence-corrected chi connectivity index (χ0v) is 10.8. The minimum atomic E-state index is 0.297. The van der Waals surface area contributed by atoms with Crippen molar-refractivity contribution in [1.82, 2.24) is 5.32 Å². The fourth-order valence-corrected chi connectivity index (χ4v) is 2.61. The molecular formula is C15H21NO. The van der Waals surface area contributed by atoms with Crippen LogP contribution in [0.2, 0.25) is 0 Å². The summed E-state index contributed by atoms with van der Waals surface area (Å²) >= 11 is 0. The molecule has 0 spiro atoms. The van der Waals surface area contributed by atoms with Crippen LogP contribution in [-0.4, -0.2) is 18.9 Å². The summed E-state index contributed by atoms with van der Waals surface area (Å²) in [5, 5.41) is 3.36. The Morgan fingerprint density at radius 3 is 2.59 bits per heavy atom. The van der Waals surface area contributed by atoms with Gasteiger partial charge in [-0.05, 0) is 57.8 Å². The van der Waals surface area contributed by atoms with Crippen molar-refractivity contribution in [2.45, 2.75) is 33.1 Å². The van der Waals surface area contributed by atoms with E-state index in [0.717, 1.165) is 18.7 Å². The van der Waals surface area contributed by atoms with Crippen molar-refractivity contribution in [3.63, 3.8) is 0 Å². The van der Waals surface area contributed by atoms with E-state index in [1.807, 2.05) is 26.0 Å². The zero-order chi connectivity index (χ0) is 12.3. The number of hydrogen-bond acceptors (Lipinski definition) is 2. The average molecular weight is 231 g/mol. The quantitative estimate of drug-likeness (QED) is 0.810. The first-order chi connectivity index (χ1) is 8.15. The van der Waals surface area contributed by atoms with Gasteiger partial charge in [-0.25, -0.2) is 0 Å². The first kappa shape index (κ1) is 12.3.